The molecule has 3 aliphatic heterocycles. The minimum Gasteiger partial charge on any atom is -0.342 e. The molecule has 3 atom stereocenters. The van der Waals surface area contributed by atoms with Crippen molar-refractivity contribution in [2.75, 3.05) is 26.2 Å². The van der Waals surface area contributed by atoms with Crippen molar-refractivity contribution in [3.8, 4) is 0 Å². The van der Waals surface area contributed by atoms with E-state index in [1.54, 1.807) is 6.20 Å². The molecular formula is C28H34N4O2. The monoisotopic (exact) mass is 458 g/mol. The molecule has 1 aromatic carbocycles. The Bertz CT molecular complexity index is 1050. The minimum atomic E-state index is 0.00990. The van der Waals surface area contributed by atoms with E-state index in [1.807, 2.05) is 23.1 Å². The summed E-state index contributed by atoms with van der Waals surface area (Å²) in [6, 6.07) is 15.3. The van der Waals surface area contributed by atoms with Gasteiger partial charge in [0, 0.05) is 43.3 Å². The van der Waals surface area contributed by atoms with Gasteiger partial charge >= 0.3 is 0 Å². The number of piperidine rings is 2. The lowest BCUT2D eigenvalue weighted by Crippen LogP contribution is -2.54. The highest BCUT2D eigenvalue weighted by atomic mass is 16.2. The normalized spacial score (nSPS) is 28.4. The van der Waals surface area contributed by atoms with Crippen molar-refractivity contribution < 1.29 is 9.59 Å². The maximum absolute atomic E-state index is 13.3. The van der Waals surface area contributed by atoms with Crippen LogP contribution in [0.5, 0.6) is 0 Å². The van der Waals surface area contributed by atoms with Gasteiger partial charge in [0.05, 0.1) is 0 Å². The second-order valence-electron chi connectivity index (χ2n) is 10.8. The van der Waals surface area contributed by atoms with E-state index in [0.717, 1.165) is 58.3 Å². The molecule has 6 nitrogen and oxygen atoms in total. The zero-order valence-electron chi connectivity index (χ0n) is 19.8. The van der Waals surface area contributed by atoms with Crippen LogP contribution >= 0.6 is 0 Å². The molecule has 2 saturated heterocycles. The maximum Gasteiger partial charge on any atom is 0.272 e. The van der Waals surface area contributed by atoms with Gasteiger partial charge in [0.25, 0.3) is 5.91 Å². The number of nitrogens with zero attached hydrogens (tertiary/aromatic N) is 4. The van der Waals surface area contributed by atoms with E-state index in [1.165, 1.54) is 24.0 Å². The van der Waals surface area contributed by atoms with Crippen LogP contribution in [-0.4, -0.2) is 70.3 Å². The van der Waals surface area contributed by atoms with Crippen molar-refractivity contribution in [2.24, 2.45) is 5.92 Å². The molecule has 1 spiro atoms. The lowest BCUT2D eigenvalue weighted by molar-refractivity contribution is -0.122. The number of benzene rings is 1. The number of carbonyl (C=O) groups excluding carboxylic acids is 2. The summed E-state index contributed by atoms with van der Waals surface area (Å²) in [5, 5.41) is 0. The summed E-state index contributed by atoms with van der Waals surface area (Å²) in [7, 11) is 0. The second-order valence-corrected chi connectivity index (χ2v) is 10.8. The Kier molecular flexibility index (Phi) is 5.64. The number of aromatic nitrogens is 1. The lowest BCUT2D eigenvalue weighted by Gasteiger charge is -2.49. The molecule has 1 aromatic heterocycles. The highest BCUT2D eigenvalue weighted by Gasteiger charge is 2.47. The molecule has 34 heavy (non-hydrogen) atoms. The molecule has 3 unspecified atom stereocenters. The fourth-order valence-corrected chi connectivity index (χ4v) is 7.35. The van der Waals surface area contributed by atoms with E-state index < -0.39 is 0 Å². The van der Waals surface area contributed by atoms with Crippen LogP contribution in [0.4, 0.5) is 0 Å². The highest BCUT2D eigenvalue weighted by Crippen LogP contribution is 2.45. The molecule has 178 valence electrons. The fourth-order valence-electron chi connectivity index (χ4n) is 7.35. The Balaban J connectivity index is 1.20. The molecule has 0 bridgehead atoms. The molecule has 4 aliphatic rings. The SMILES string of the molecule is O=CN1CCCC2CC(N3CCC4(CC3)CN(C(=O)c3ccccn3)Cc3ccccc34)CC21. The lowest BCUT2D eigenvalue weighted by atomic mass is 9.68. The molecule has 3 fully saturated rings. The largest absolute Gasteiger partial charge is 0.342 e. The van der Waals surface area contributed by atoms with E-state index >= 15 is 0 Å². The summed E-state index contributed by atoms with van der Waals surface area (Å²) in [6.45, 7) is 4.47. The predicted molar refractivity (Wildman–Crippen MR) is 130 cm³/mol. The molecule has 4 heterocycles. The first-order chi connectivity index (χ1) is 16.7. The third-order valence-electron chi connectivity index (χ3n) is 9.07. The van der Waals surface area contributed by atoms with Gasteiger partial charge in [-0.1, -0.05) is 30.3 Å². The van der Waals surface area contributed by atoms with Gasteiger partial charge in [-0.05, 0) is 80.8 Å². The van der Waals surface area contributed by atoms with Crippen LogP contribution in [0.1, 0.15) is 60.1 Å². The van der Waals surface area contributed by atoms with Gasteiger partial charge in [-0.2, -0.15) is 0 Å². The molecule has 6 heteroatoms. The van der Waals surface area contributed by atoms with Crippen LogP contribution in [0.3, 0.4) is 0 Å². The molecule has 0 radical (unpaired) electrons. The molecule has 6 rings (SSSR count). The molecule has 2 amide bonds. The van der Waals surface area contributed by atoms with Gasteiger partial charge in [0.15, 0.2) is 0 Å². The van der Waals surface area contributed by atoms with Crippen LogP contribution in [0.25, 0.3) is 0 Å². The highest BCUT2D eigenvalue weighted by molar-refractivity contribution is 5.92. The van der Waals surface area contributed by atoms with Gasteiger partial charge in [-0.15, -0.1) is 0 Å². The van der Waals surface area contributed by atoms with Crippen LogP contribution in [-0.2, 0) is 16.8 Å². The standard InChI is InChI=1S/C28H34N4O2/c33-20-31-13-5-7-21-16-23(17-26(21)31)30-14-10-28(11-15-30)19-32(18-22-6-1-2-8-24(22)28)27(34)25-9-3-4-12-29-25/h1-4,6,8-9,12,20-21,23,26H,5,7,10-11,13-19H2. The summed E-state index contributed by atoms with van der Waals surface area (Å²) in [6.07, 6.45) is 9.67. The van der Waals surface area contributed by atoms with Gasteiger partial charge in [-0.25, -0.2) is 0 Å². The molecular weight excluding hydrogens is 424 g/mol. The smallest absolute Gasteiger partial charge is 0.272 e. The average molecular weight is 459 g/mol. The van der Waals surface area contributed by atoms with Crippen molar-refractivity contribution in [1.29, 1.82) is 0 Å². The summed E-state index contributed by atoms with van der Waals surface area (Å²) >= 11 is 0. The molecule has 0 N–H and O–H groups in total. The number of fused-ring (bicyclic) bond motifs is 3. The first-order valence-electron chi connectivity index (χ1n) is 12.9. The molecule has 1 aliphatic carbocycles. The van der Waals surface area contributed by atoms with Crippen molar-refractivity contribution in [1.82, 2.24) is 19.7 Å². The number of hydrogen-bond acceptors (Lipinski definition) is 4. The zero-order chi connectivity index (χ0) is 23.1. The first-order valence-corrected chi connectivity index (χ1v) is 12.9. The van der Waals surface area contributed by atoms with E-state index in [-0.39, 0.29) is 11.3 Å². The number of likely N-dealkylation sites (tertiary alicyclic amines) is 2. The Labute approximate surface area is 201 Å². The van der Waals surface area contributed by atoms with E-state index in [4.69, 9.17) is 0 Å². The summed E-state index contributed by atoms with van der Waals surface area (Å²) < 4.78 is 0. The van der Waals surface area contributed by atoms with Crippen LogP contribution in [0, 0.1) is 5.92 Å². The Morgan fingerprint density at radius 1 is 1.03 bits per heavy atom. The number of pyridine rings is 1. The van der Waals surface area contributed by atoms with Gasteiger partial charge in [-0.3, -0.25) is 14.6 Å². The Hall–Kier alpha value is -2.73. The third-order valence-corrected chi connectivity index (χ3v) is 9.07. The topological polar surface area (TPSA) is 56.8 Å². The predicted octanol–water partition coefficient (Wildman–Crippen LogP) is 3.47. The molecule has 1 saturated carbocycles. The average Bonchev–Trinajstić information content (AvgIpc) is 3.34. The van der Waals surface area contributed by atoms with Crippen molar-refractivity contribution in [3.63, 3.8) is 0 Å². The Morgan fingerprint density at radius 2 is 1.85 bits per heavy atom. The van der Waals surface area contributed by atoms with E-state index in [9.17, 15) is 9.59 Å². The minimum absolute atomic E-state index is 0.00990. The van der Waals surface area contributed by atoms with E-state index in [0.29, 0.717) is 30.2 Å². The quantitative estimate of drug-likeness (QED) is 0.661. The first kappa shape index (κ1) is 21.8. The maximum atomic E-state index is 13.3. The van der Waals surface area contributed by atoms with Crippen LogP contribution in [0.2, 0.25) is 0 Å². The zero-order valence-corrected chi connectivity index (χ0v) is 19.8. The number of carbonyl (C=O) groups is 2. The van der Waals surface area contributed by atoms with Crippen molar-refractivity contribution in [2.45, 2.75) is 62.6 Å². The number of rotatable bonds is 3. The Morgan fingerprint density at radius 3 is 2.65 bits per heavy atom. The fraction of sp³-hybridized carbons (Fsp3) is 0.536. The van der Waals surface area contributed by atoms with Crippen LogP contribution < -0.4 is 0 Å². The van der Waals surface area contributed by atoms with Crippen LogP contribution in [0.15, 0.2) is 48.7 Å². The number of hydrogen-bond donors (Lipinski definition) is 0. The summed E-state index contributed by atoms with van der Waals surface area (Å²) in [5.41, 5.74) is 3.25. The second kappa shape index (κ2) is 8.81. The van der Waals surface area contributed by atoms with Gasteiger partial charge in [0.1, 0.15) is 5.69 Å². The number of amides is 2. The summed E-state index contributed by atoms with van der Waals surface area (Å²) in [4.78, 5) is 36.0. The summed E-state index contributed by atoms with van der Waals surface area (Å²) in [5.74, 6) is 0.701. The van der Waals surface area contributed by atoms with Crippen molar-refractivity contribution >= 4 is 12.3 Å². The van der Waals surface area contributed by atoms with Crippen molar-refractivity contribution in [3.05, 3.63) is 65.5 Å². The van der Waals surface area contributed by atoms with Gasteiger partial charge < -0.3 is 14.7 Å². The third kappa shape index (κ3) is 3.72. The molecule has 2 aromatic rings. The van der Waals surface area contributed by atoms with E-state index in [2.05, 4.69) is 39.0 Å². The van der Waals surface area contributed by atoms with Gasteiger partial charge in [0.2, 0.25) is 6.41 Å².